The highest BCUT2D eigenvalue weighted by molar-refractivity contribution is 7.90. The van der Waals surface area contributed by atoms with Gasteiger partial charge in [-0.2, -0.15) is 0 Å². The molecule has 38 heavy (non-hydrogen) atoms. The van der Waals surface area contributed by atoms with E-state index in [2.05, 4.69) is 20.2 Å². The molecule has 0 saturated heterocycles. The van der Waals surface area contributed by atoms with Crippen LogP contribution in [0.4, 0.5) is 10.3 Å². The van der Waals surface area contributed by atoms with Crippen LogP contribution in [-0.2, 0) is 22.8 Å². The Morgan fingerprint density at radius 3 is 2.55 bits per heavy atom. The lowest BCUT2D eigenvalue weighted by molar-refractivity contribution is 0.0731. The molecule has 0 saturated carbocycles. The lowest BCUT2D eigenvalue weighted by atomic mass is 10.0. The van der Waals surface area contributed by atoms with E-state index in [-0.39, 0.29) is 36.6 Å². The number of carbonyl (C=O) groups is 1. The number of fused-ring (bicyclic) bond motifs is 1. The fourth-order valence-electron chi connectivity index (χ4n) is 4.31. The molecule has 9 nitrogen and oxygen atoms in total. The average molecular weight is 542 g/mol. The summed E-state index contributed by atoms with van der Waals surface area (Å²) in [5.74, 6) is -0.0269. The molecule has 1 aliphatic rings. The molecule has 3 aromatic rings. The number of sulfone groups is 1. The van der Waals surface area contributed by atoms with Crippen molar-refractivity contribution in [3.63, 3.8) is 0 Å². The molecule has 2 heterocycles. The van der Waals surface area contributed by atoms with Gasteiger partial charge in [0.05, 0.1) is 6.54 Å². The summed E-state index contributed by atoms with van der Waals surface area (Å²) in [5.41, 5.74) is 2.74. The van der Waals surface area contributed by atoms with E-state index in [1.54, 1.807) is 24.2 Å². The molecule has 0 bridgehead atoms. The highest BCUT2D eigenvalue weighted by Crippen LogP contribution is 2.30. The van der Waals surface area contributed by atoms with E-state index in [1.165, 1.54) is 6.07 Å². The predicted molar refractivity (Wildman–Crippen MR) is 144 cm³/mol. The number of anilines is 1. The standard InChI is InChI=1S/C27H32FN5O4S/c1-5-21-22(7-9-24(25(21)28)38(4,35)36)26(34)33-12-13-37-23-8-6-18(14-19(23)17-33)20-15-30-27(31-16-20)29-10-11-32(2)3/h6-9,14-16H,5,10-13,17H2,1-4H3,(H,29,30,31). The molecule has 0 aliphatic carbocycles. The molecule has 2 aromatic carbocycles. The van der Waals surface area contributed by atoms with Crippen LogP contribution < -0.4 is 10.1 Å². The predicted octanol–water partition coefficient (Wildman–Crippen LogP) is 3.26. The summed E-state index contributed by atoms with van der Waals surface area (Å²) in [5, 5.41) is 3.18. The van der Waals surface area contributed by atoms with Crippen molar-refractivity contribution in [3.05, 3.63) is 65.2 Å². The van der Waals surface area contributed by atoms with Gasteiger partial charge >= 0.3 is 0 Å². The normalized spacial score (nSPS) is 13.6. The molecule has 1 amide bonds. The van der Waals surface area contributed by atoms with Crippen LogP contribution in [0, 0.1) is 5.82 Å². The first-order valence-electron chi connectivity index (χ1n) is 12.4. The van der Waals surface area contributed by atoms with Crippen LogP contribution in [0.25, 0.3) is 11.1 Å². The zero-order valence-electron chi connectivity index (χ0n) is 22.0. The smallest absolute Gasteiger partial charge is 0.254 e. The highest BCUT2D eigenvalue weighted by Gasteiger charge is 2.27. The van der Waals surface area contributed by atoms with E-state index in [0.717, 1.165) is 42.1 Å². The Morgan fingerprint density at radius 1 is 1.16 bits per heavy atom. The summed E-state index contributed by atoms with van der Waals surface area (Å²) in [6.07, 6.45) is 4.62. The monoisotopic (exact) mass is 541 g/mol. The maximum atomic E-state index is 15.1. The number of ether oxygens (including phenoxy) is 1. The van der Waals surface area contributed by atoms with E-state index >= 15 is 4.39 Å². The summed E-state index contributed by atoms with van der Waals surface area (Å²) in [4.78, 5) is 25.6. The largest absolute Gasteiger partial charge is 0.491 e. The van der Waals surface area contributed by atoms with Crippen LogP contribution in [0.2, 0.25) is 0 Å². The van der Waals surface area contributed by atoms with Crippen molar-refractivity contribution in [2.24, 2.45) is 0 Å². The molecule has 1 N–H and O–H groups in total. The van der Waals surface area contributed by atoms with Crippen molar-refractivity contribution < 1.29 is 22.3 Å². The van der Waals surface area contributed by atoms with Gasteiger partial charge in [0.25, 0.3) is 5.91 Å². The molecule has 4 rings (SSSR count). The summed E-state index contributed by atoms with van der Waals surface area (Å²) >= 11 is 0. The van der Waals surface area contributed by atoms with Crippen LogP contribution in [0.1, 0.15) is 28.4 Å². The van der Waals surface area contributed by atoms with Gasteiger partial charge in [-0.3, -0.25) is 4.79 Å². The maximum Gasteiger partial charge on any atom is 0.254 e. The van der Waals surface area contributed by atoms with Gasteiger partial charge in [0.1, 0.15) is 23.1 Å². The maximum absolute atomic E-state index is 15.1. The van der Waals surface area contributed by atoms with Gasteiger partial charge in [0.2, 0.25) is 5.95 Å². The fraction of sp³-hybridized carbons (Fsp3) is 0.370. The molecule has 1 aliphatic heterocycles. The van der Waals surface area contributed by atoms with E-state index in [1.807, 2.05) is 32.3 Å². The molecule has 0 radical (unpaired) electrons. The summed E-state index contributed by atoms with van der Waals surface area (Å²) in [7, 11) is 0.239. The van der Waals surface area contributed by atoms with Crippen LogP contribution in [0.5, 0.6) is 5.75 Å². The lowest BCUT2D eigenvalue weighted by Gasteiger charge is -2.22. The highest BCUT2D eigenvalue weighted by atomic mass is 32.2. The molecule has 0 fully saturated rings. The number of rotatable bonds is 8. The third kappa shape index (κ3) is 6.11. The molecule has 0 spiro atoms. The second kappa shape index (κ2) is 11.4. The quantitative estimate of drug-likeness (QED) is 0.464. The number of likely N-dealkylation sites (N-methyl/N-ethyl adjacent to an activating group) is 1. The Hall–Kier alpha value is -3.57. The zero-order valence-corrected chi connectivity index (χ0v) is 22.8. The van der Waals surface area contributed by atoms with E-state index in [9.17, 15) is 13.2 Å². The van der Waals surface area contributed by atoms with Gasteiger partial charge in [-0.15, -0.1) is 0 Å². The SMILES string of the molecule is CCc1c(C(=O)N2CCOc3ccc(-c4cnc(NCCN(C)C)nc4)cc3C2)ccc(S(C)(=O)=O)c1F. The number of hydrogen-bond acceptors (Lipinski definition) is 8. The Bertz CT molecular complexity index is 1430. The topological polar surface area (TPSA) is 105 Å². The van der Waals surface area contributed by atoms with Crippen molar-refractivity contribution in [1.29, 1.82) is 0 Å². The number of benzene rings is 2. The number of nitrogens with one attached hydrogen (secondary N) is 1. The van der Waals surface area contributed by atoms with Gasteiger partial charge < -0.3 is 19.9 Å². The van der Waals surface area contributed by atoms with Crippen molar-refractivity contribution in [1.82, 2.24) is 19.8 Å². The van der Waals surface area contributed by atoms with Crippen molar-refractivity contribution >= 4 is 21.7 Å². The average Bonchev–Trinajstić information content (AvgIpc) is 3.09. The molecular weight excluding hydrogens is 509 g/mol. The van der Waals surface area contributed by atoms with Crippen LogP contribution in [-0.4, -0.2) is 80.7 Å². The van der Waals surface area contributed by atoms with Crippen LogP contribution in [0.15, 0.2) is 47.6 Å². The number of aromatic nitrogens is 2. The molecule has 0 unspecified atom stereocenters. The second-order valence-corrected chi connectivity index (χ2v) is 11.4. The lowest BCUT2D eigenvalue weighted by Crippen LogP contribution is -2.33. The Kier molecular flexibility index (Phi) is 8.27. The second-order valence-electron chi connectivity index (χ2n) is 9.45. The Balaban J connectivity index is 1.57. The fourth-order valence-corrected chi connectivity index (χ4v) is 5.07. The Morgan fingerprint density at radius 2 is 1.89 bits per heavy atom. The molecule has 202 valence electrons. The van der Waals surface area contributed by atoms with E-state index in [4.69, 9.17) is 4.74 Å². The van der Waals surface area contributed by atoms with Gasteiger partial charge in [0.15, 0.2) is 9.84 Å². The van der Waals surface area contributed by atoms with Crippen molar-refractivity contribution in [3.8, 4) is 16.9 Å². The first-order valence-corrected chi connectivity index (χ1v) is 14.2. The van der Waals surface area contributed by atoms with Gasteiger partial charge in [-0.05, 0) is 50.3 Å². The minimum atomic E-state index is -3.76. The first kappa shape index (κ1) is 27.5. The van der Waals surface area contributed by atoms with Gasteiger partial charge in [-0.25, -0.2) is 22.8 Å². The summed E-state index contributed by atoms with van der Waals surface area (Å²) < 4.78 is 44.9. The van der Waals surface area contributed by atoms with Gasteiger partial charge in [0, 0.05) is 60.5 Å². The molecule has 1 aromatic heterocycles. The summed E-state index contributed by atoms with van der Waals surface area (Å²) in [6.45, 7) is 4.12. The van der Waals surface area contributed by atoms with E-state index in [0.29, 0.717) is 18.2 Å². The van der Waals surface area contributed by atoms with Crippen molar-refractivity contribution in [2.75, 3.05) is 51.9 Å². The van der Waals surface area contributed by atoms with E-state index < -0.39 is 20.5 Å². The number of nitrogens with zero attached hydrogens (tertiary/aromatic N) is 4. The summed E-state index contributed by atoms with van der Waals surface area (Å²) in [6, 6.07) is 8.28. The molecule has 11 heteroatoms. The third-order valence-electron chi connectivity index (χ3n) is 6.35. The minimum Gasteiger partial charge on any atom is -0.491 e. The molecular formula is C27H32FN5O4S. The molecule has 0 atom stereocenters. The number of carbonyl (C=O) groups excluding carboxylic acids is 1. The van der Waals surface area contributed by atoms with Crippen LogP contribution in [0.3, 0.4) is 0 Å². The van der Waals surface area contributed by atoms with Crippen LogP contribution >= 0.6 is 0 Å². The van der Waals surface area contributed by atoms with Crippen molar-refractivity contribution in [2.45, 2.75) is 24.8 Å². The number of amides is 1. The zero-order chi connectivity index (χ0) is 27.4. The minimum absolute atomic E-state index is 0.0912. The van der Waals surface area contributed by atoms with Gasteiger partial charge in [-0.1, -0.05) is 13.0 Å². The number of halogens is 1. The third-order valence-corrected chi connectivity index (χ3v) is 7.46. The first-order chi connectivity index (χ1) is 18.1. The Labute approximate surface area is 222 Å². The number of hydrogen-bond donors (Lipinski definition) is 1.